The molecule has 0 aliphatic heterocycles. The average Bonchev–Trinajstić information content (AvgIpc) is 2.20. The molecule has 0 aliphatic carbocycles. The SMILES string of the molecule is CCOc1ccc(CCCC(N)=O)cc1. The molecule has 2 N–H and O–H groups in total. The Balaban J connectivity index is 2.39. The molecule has 1 amide bonds. The molecule has 0 radical (unpaired) electrons. The maximum atomic E-state index is 10.5. The fraction of sp³-hybridized carbons (Fsp3) is 0.417. The highest BCUT2D eigenvalue weighted by molar-refractivity contribution is 5.73. The number of benzene rings is 1. The second kappa shape index (κ2) is 6.06. The van der Waals surface area contributed by atoms with Crippen LogP contribution in [0.25, 0.3) is 0 Å². The number of nitrogens with two attached hydrogens (primary N) is 1. The second-order valence-corrected chi connectivity index (χ2v) is 3.40. The standard InChI is InChI=1S/C12H17NO2/c1-2-15-11-8-6-10(7-9-11)4-3-5-12(13)14/h6-9H,2-5H2,1H3,(H2,13,14). The van der Waals surface area contributed by atoms with Crippen molar-refractivity contribution in [3.05, 3.63) is 29.8 Å². The number of hydrogen-bond acceptors (Lipinski definition) is 2. The smallest absolute Gasteiger partial charge is 0.217 e. The van der Waals surface area contributed by atoms with Gasteiger partial charge in [-0.1, -0.05) is 12.1 Å². The summed E-state index contributed by atoms with van der Waals surface area (Å²) < 4.78 is 5.33. The second-order valence-electron chi connectivity index (χ2n) is 3.40. The maximum Gasteiger partial charge on any atom is 0.217 e. The Bertz CT molecular complexity index is 306. The Morgan fingerprint density at radius 3 is 2.53 bits per heavy atom. The van der Waals surface area contributed by atoms with Gasteiger partial charge in [0.05, 0.1) is 6.61 Å². The van der Waals surface area contributed by atoms with Crippen molar-refractivity contribution in [1.29, 1.82) is 0 Å². The predicted octanol–water partition coefficient (Wildman–Crippen LogP) is 1.89. The van der Waals surface area contributed by atoms with E-state index in [0.717, 1.165) is 18.6 Å². The number of ether oxygens (including phenoxy) is 1. The van der Waals surface area contributed by atoms with E-state index in [-0.39, 0.29) is 5.91 Å². The number of primary amides is 1. The van der Waals surface area contributed by atoms with Gasteiger partial charge in [0.1, 0.15) is 5.75 Å². The minimum Gasteiger partial charge on any atom is -0.494 e. The molecule has 0 atom stereocenters. The first-order valence-electron chi connectivity index (χ1n) is 5.22. The number of rotatable bonds is 6. The highest BCUT2D eigenvalue weighted by atomic mass is 16.5. The predicted molar refractivity (Wildman–Crippen MR) is 59.7 cm³/mol. The summed E-state index contributed by atoms with van der Waals surface area (Å²) in [6, 6.07) is 7.93. The zero-order valence-electron chi connectivity index (χ0n) is 9.03. The third kappa shape index (κ3) is 4.49. The molecule has 0 saturated carbocycles. The Kier molecular flexibility index (Phi) is 4.68. The van der Waals surface area contributed by atoms with Crippen LogP contribution in [0.4, 0.5) is 0 Å². The van der Waals surface area contributed by atoms with Crippen molar-refractivity contribution in [1.82, 2.24) is 0 Å². The van der Waals surface area contributed by atoms with Crippen molar-refractivity contribution in [3.8, 4) is 5.75 Å². The summed E-state index contributed by atoms with van der Waals surface area (Å²) in [4.78, 5) is 10.5. The van der Waals surface area contributed by atoms with Crippen LogP contribution in [0.2, 0.25) is 0 Å². The van der Waals surface area contributed by atoms with Gasteiger partial charge in [-0.3, -0.25) is 4.79 Å². The molecule has 0 unspecified atom stereocenters. The van der Waals surface area contributed by atoms with E-state index < -0.39 is 0 Å². The lowest BCUT2D eigenvalue weighted by molar-refractivity contribution is -0.118. The summed E-state index contributed by atoms with van der Waals surface area (Å²) in [5, 5.41) is 0. The van der Waals surface area contributed by atoms with E-state index >= 15 is 0 Å². The minimum absolute atomic E-state index is 0.235. The molecule has 3 heteroatoms. The van der Waals surface area contributed by atoms with Crippen LogP contribution in [0, 0.1) is 0 Å². The lowest BCUT2D eigenvalue weighted by Crippen LogP contribution is -2.10. The molecule has 0 aromatic heterocycles. The highest BCUT2D eigenvalue weighted by Gasteiger charge is 1.97. The summed E-state index contributed by atoms with van der Waals surface area (Å²) in [6.07, 6.45) is 2.14. The van der Waals surface area contributed by atoms with Gasteiger partial charge in [0.15, 0.2) is 0 Å². The zero-order valence-corrected chi connectivity index (χ0v) is 9.03. The molecule has 1 aromatic carbocycles. The van der Waals surface area contributed by atoms with Crippen molar-refractivity contribution < 1.29 is 9.53 Å². The molecular formula is C12H17NO2. The van der Waals surface area contributed by atoms with E-state index in [0.29, 0.717) is 13.0 Å². The van der Waals surface area contributed by atoms with E-state index in [1.165, 1.54) is 5.56 Å². The molecule has 1 aromatic rings. The van der Waals surface area contributed by atoms with Crippen molar-refractivity contribution in [2.24, 2.45) is 5.73 Å². The fourth-order valence-corrected chi connectivity index (χ4v) is 1.39. The topological polar surface area (TPSA) is 52.3 Å². The molecular weight excluding hydrogens is 190 g/mol. The zero-order chi connectivity index (χ0) is 11.1. The van der Waals surface area contributed by atoms with Gasteiger partial charge < -0.3 is 10.5 Å². The molecule has 0 saturated heterocycles. The van der Waals surface area contributed by atoms with Crippen LogP contribution in [0.5, 0.6) is 5.75 Å². The van der Waals surface area contributed by atoms with Gasteiger partial charge in [-0.15, -0.1) is 0 Å². The van der Waals surface area contributed by atoms with E-state index in [1.807, 2.05) is 31.2 Å². The van der Waals surface area contributed by atoms with Crippen LogP contribution < -0.4 is 10.5 Å². The third-order valence-electron chi connectivity index (χ3n) is 2.12. The van der Waals surface area contributed by atoms with Crippen molar-refractivity contribution >= 4 is 5.91 Å². The number of amides is 1. The van der Waals surface area contributed by atoms with Crippen molar-refractivity contribution in [2.45, 2.75) is 26.2 Å². The molecule has 0 heterocycles. The Hall–Kier alpha value is -1.51. The normalized spacial score (nSPS) is 9.93. The number of carbonyl (C=O) groups is 1. The van der Waals surface area contributed by atoms with Gasteiger partial charge in [0, 0.05) is 6.42 Å². The Labute approximate surface area is 90.2 Å². The van der Waals surface area contributed by atoms with Crippen molar-refractivity contribution in [2.75, 3.05) is 6.61 Å². The maximum absolute atomic E-state index is 10.5. The molecule has 0 aliphatic rings. The largest absolute Gasteiger partial charge is 0.494 e. The van der Waals surface area contributed by atoms with Gasteiger partial charge in [0.2, 0.25) is 5.91 Å². The first-order chi connectivity index (χ1) is 7.22. The van der Waals surface area contributed by atoms with Gasteiger partial charge in [-0.25, -0.2) is 0 Å². The third-order valence-corrected chi connectivity index (χ3v) is 2.12. The summed E-state index contributed by atoms with van der Waals surface area (Å²) in [7, 11) is 0. The Morgan fingerprint density at radius 2 is 2.00 bits per heavy atom. The molecule has 0 fully saturated rings. The summed E-state index contributed by atoms with van der Waals surface area (Å²) in [5.41, 5.74) is 6.27. The number of aryl methyl sites for hydroxylation is 1. The minimum atomic E-state index is -0.235. The van der Waals surface area contributed by atoms with Gasteiger partial charge in [0.25, 0.3) is 0 Å². The number of hydrogen-bond donors (Lipinski definition) is 1. The first kappa shape index (κ1) is 11.6. The molecule has 0 spiro atoms. The summed E-state index contributed by atoms with van der Waals surface area (Å²) >= 11 is 0. The Morgan fingerprint density at radius 1 is 1.33 bits per heavy atom. The molecule has 82 valence electrons. The average molecular weight is 207 g/mol. The highest BCUT2D eigenvalue weighted by Crippen LogP contribution is 2.13. The molecule has 3 nitrogen and oxygen atoms in total. The van der Waals surface area contributed by atoms with Crippen LogP contribution >= 0.6 is 0 Å². The quantitative estimate of drug-likeness (QED) is 0.774. The number of carbonyl (C=O) groups excluding carboxylic acids is 1. The monoisotopic (exact) mass is 207 g/mol. The van der Waals surface area contributed by atoms with Crippen LogP contribution in [-0.2, 0) is 11.2 Å². The molecule has 0 bridgehead atoms. The van der Waals surface area contributed by atoms with Gasteiger partial charge in [-0.2, -0.15) is 0 Å². The van der Waals surface area contributed by atoms with Crippen LogP contribution in [0.15, 0.2) is 24.3 Å². The van der Waals surface area contributed by atoms with Crippen LogP contribution in [0.1, 0.15) is 25.3 Å². The van der Waals surface area contributed by atoms with Crippen LogP contribution in [0.3, 0.4) is 0 Å². The first-order valence-corrected chi connectivity index (χ1v) is 5.22. The van der Waals surface area contributed by atoms with E-state index in [2.05, 4.69) is 0 Å². The lowest BCUT2D eigenvalue weighted by Gasteiger charge is -2.04. The lowest BCUT2D eigenvalue weighted by atomic mass is 10.1. The fourth-order valence-electron chi connectivity index (χ4n) is 1.39. The van der Waals surface area contributed by atoms with E-state index in [9.17, 15) is 4.79 Å². The van der Waals surface area contributed by atoms with Crippen LogP contribution in [-0.4, -0.2) is 12.5 Å². The summed E-state index contributed by atoms with van der Waals surface area (Å²) in [5.74, 6) is 0.650. The van der Waals surface area contributed by atoms with E-state index in [1.54, 1.807) is 0 Å². The van der Waals surface area contributed by atoms with Gasteiger partial charge >= 0.3 is 0 Å². The van der Waals surface area contributed by atoms with E-state index in [4.69, 9.17) is 10.5 Å². The molecule has 15 heavy (non-hydrogen) atoms. The van der Waals surface area contributed by atoms with Crippen molar-refractivity contribution in [3.63, 3.8) is 0 Å². The summed E-state index contributed by atoms with van der Waals surface area (Å²) in [6.45, 7) is 2.64. The van der Waals surface area contributed by atoms with Gasteiger partial charge in [-0.05, 0) is 37.5 Å². The molecule has 1 rings (SSSR count).